The van der Waals surface area contributed by atoms with Gasteiger partial charge in [-0.15, -0.1) is 0 Å². The molecule has 3 N–H and O–H groups in total. The quantitative estimate of drug-likeness (QED) is 0.580. The molecule has 0 aliphatic heterocycles. The summed E-state index contributed by atoms with van der Waals surface area (Å²) in [5, 5.41) is 0. The van der Waals surface area contributed by atoms with Gasteiger partial charge >= 0.3 is 0 Å². The van der Waals surface area contributed by atoms with E-state index in [2.05, 4.69) is 19.3 Å². The van der Waals surface area contributed by atoms with Gasteiger partial charge in [-0.1, -0.05) is 32.8 Å². The van der Waals surface area contributed by atoms with Crippen molar-refractivity contribution in [2.75, 3.05) is 7.11 Å². The number of benzene rings is 1. The van der Waals surface area contributed by atoms with Crippen molar-refractivity contribution in [3.63, 3.8) is 0 Å². The number of hydrogen-bond acceptors (Lipinski definition) is 3. The summed E-state index contributed by atoms with van der Waals surface area (Å²) >= 11 is 0. The molecule has 0 bridgehead atoms. The second-order valence-electron chi connectivity index (χ2n) is 4.52. The molecule has 3 nitrogen and oxygen atoms in total. The van der Waals surface area contributed by atoms with Crippen LogP contribution in [0.2, 0.25) is 0 Å². The SMILES string of the molecule is CCC(CC)CC(NN)c1ccc(OC)cc1F. The molecule has 1 aromatic carbocycles. The predicted octanol–water partition coefficient (Wildman–Crippen LogP) is 3.17. The van der Waals surface area contributed by atoms with Gasteiger partial charge in [0.15, 0.2) is 0 Å². The van der Waals surface area contributed by atoms with Crippen LogP contribution in [-0.4, -0.2) is 7.11 Å². The molecule has 0 aromatic heterocycles. The summed E-state index contributed by atoms with van der Waals surface area (Å²) < 4.78 is 19.0. The van der Waals surface area contributed by atoms with E-state index in [0.29, 0.717) is 17.2 Å². The van der Waals surface area contributed by atoms with Crippen molar-refractivity contribution in [2.24, 2.45) is 11.8 Å². The maximum Gasteiger partial charge on any atom is 0.131 e. The van der Waals surface area contributed by atoms with Crippen molar-refractivity contribution in [1.82, 2.24) is 5.43 Å². The number of nitrogens with two attached hydrogens (primary N) is 1. The van der Waals surface area contributed by atoms with Gasteiger partial charge in [0, 0.05) is 17.7 Å². The van der Waals surface area contributed by atoms with E-state index in [1.165, 1.54) is 13.2 Å². The number of ether oxygens (including phenoxy) is 1. The molecule has 0 aliphatic rings. The fourth-order valence-electron chi connectivity index (χ4n) is 2.16. The Morgan fingerprint density at radius 3 is 2.44 bits per heavy atom. The summed E-state index contributed by atoms with van der Waals surface area (Å²) in [5.74, 6) is 6.35. The first-order valence-electron chi connectivity index (χ1n) is 6.45. The highest BCUT2D eigenvalue weighted by Crippen LogP contribution is 2.28. The molecule has 0 spiro atoms. The zero-order valence-electron chi connectivity index (χ0n) is 11.4. The highest BCUT2D eigenvalue weighted by molar-refractivity contribution is 5.30. The van der Waals surface area contributed by atoms with Crippen LogP contribution in [0.4, 0.5) is 4.39 Å². The molecule has 0 amide bonds. The highest BCUT2D eigenvalue weighted by Gasteiger charge is 2.18. The summed E-state index contributed by atoms with van der Waals surface area (Å²) in [6.45, 7) is 4.29. The maximum atomic E-state index is 14.0. The Balaban J connectivity index is 2.87. The van der Waals surface area contributed by atoms with Crippen LogP contribution in [0.15, 0.2) is 18.2 Å². The lowest BCUT2D eigenvalue weighted by Gasteiger charge is -2.22. The van der Waals surface area contributed by atoms with Crippen LogP contribution < -0.4 is 16.0 Å². The van der Waals surface area contributed by atoms with E-state index in [1.54, 1.807) is 12.1 Å². The molecule has 0 saturated heterocycles. The van der Waals surface area contributed by atoms with Crippen LogP contribution in [0.25, 0.3) is 0 Å². The second kappa shape index (κ2) is 7.34. The van der Waals surface area contributed by atoms with E-state index in [1.807, 2.05) is 0 Å². The molecule has 1 rings (SSSR count). The fraction of sp³-hybridized carbons (Fsp3) is 0.571. The Morgan fingerprint density at radius 2 is 2.00 bits per heavy atom. The lowest BCUT2D eigenvalue weighted by Crippen LogP contribution is -2.30. The van der Waals surface area contributed by atoms with Gasteiger partial charge in [0.25, 0.3) is 0 Å². The van der Waals surface area contributed by atoms with Crippen LogP contribution in [0.1, 0.15) is 44.7 Å². The van der Waals surface area contributed by atoms with Crippen molar-refractivity contribution < 1.29 is 9.13 Å². The number of rotatable bonds is 7. The molecule has 0 radical (unpaired) electrons. The van der Waals surface area contributed by atoms with Crippen molar-refractivity contribution in [2.45, 2.75) is 39.2 Å². The smallest absolute Gasteiger partial charge is 0.131 e. The van der Waals surface area contributed by atoms with Gasteiger partial charge in [-0.2, -0.15) is 0 Å². The molecule has 0 aliphatic carbocycles. The average molecular weight is 254 g/mol. The topological polar surface area (TPSA) is 47.3 Å². The molecule has 0 fully saturated rings. The minimum Gasteiger partial charge on any atom is -0.497 e. The van der Waals surface area contributed by atoms with Crippen molar-refractivity contribution >= 4 is 0 Å². The van der Waals surface area contributed by atoms with Crippen LogP contribution in [-0.2, 0) is 0 Å². The standard InChI is InChI=1S/C14H23FN2O/c1-4-10(5-2)8-14(17-16)12-7-6-11(18-3)9-13(12)15/h6-7,9-10,14,17H,4-5,8,16H2,1-3H3. The van der Waals surface area contributed by atoms with Crippen molar-refractivity contribution in [3.8, 4) is 5.75 Å². The minimum absolute atomic E-state index is 0.152. The largest absolute Gasteiger partial charge is 0.497 e. The Morgan fingerprint density at radius 1 is 1.33 bits per heavy atom. The van der Waals surface area contributed by atoms with Crippen LogP contribution >= 0.6 is 0 Å². The van der Waals surface area contributed by atoms with Crippen LogP contribution in [0.3, 0.4) is 0 Å². The first kappa shape index (κ1) is 14.9. The normalized spacial score (nSPS) is 12.8. The summed E-state index contributed by atoms with van der Waals surface area (Å²) in [5.41, 5.74) is 3.32. The minimum atomic E-state index is -0.275. The number of nitrogens with one attached hydrogen (secondary N) is 1. The molecule has 1 unspecified atom stereocenters. The highest BCUT2D eigenvalue weighted by atomic mass is 19.1. The Labute approximate surface area is 108 Å². The van der Waals surface area contributed by atoms with Gasteiger partial charge in [-0.05, 0) is 18.4 Å². The zero-order valence-corrected chi connectivity index (χ0v) is 11.4. The van der Waals surface area contributed by atoms with Crippen LogP contribution in [0.5, 0.6) is 5.75 Å². The molecule has 0 saturated carbocycles. The van der Waals surface area contributed by atoms with E-state index in [9.17, 15) is 4.39 Å². The first-order chi connectivity index (χ1) is 8.65. The predicted molar refractivity (Wildman–Crippen MR) is 71.7 cm³/mol. The Kier molecular flexibility index (Phi) is 6.09. The lowest BCUT2D eigenvalue weighted by atomic mass is 9.91. The van der Waals surface area contributed by atoms with Crippen molar-refractivity contribution in [1.29, 1.82) is 0 Å². The van der Waals surface area contributed by atoms with Gasteiger partial charge in [0.2, 0.25) is 0 Å². The van der Waals surface area contributed by atoms with Crippen molar-refractivity contribution in [3.05, 3.63) is 29.6 Å². The number of hydrazine groups is 1. The zero-order chi connectivity index (χ0) is 13.5. The monoisotopic (exact) mass is 254 g/mol. The van der Waals surface area contributed by atoms with Gasteiger partial charge in [0.05, 0.1) is 7.11 Å². The van der Waals surface area contributed by atoms with Gasteiger partial charge in [-0.25, -0.2) is 4.39 Å². The Bertz CT molecular complexity index is 367. The molecular formula is C14H23FN2O. The molecule has 4 heteroatoms. The van der Waals surface area contributed by atoms with Gasteiger partial charge < -0.3 is 4.74 Å². The summed E-state index contributed by atoms with van der Waals surface area (Å²) in [6, 6.07) is 4.74. The molecule has 1 atom stereocenters. The number of hydrogen-bond donors (Lipinski definition) is 2. The summed E-state index contributed by atoms with van der Waals surface area (Å²) in [4.78, 5) is 0. The van der Waals surface area contributed by atoms with Gasteiger partial charge in [0.1, 0.15) is 11.6 Å². The third-order valence-electron chi connectivity index (χ3n) is 3.51. The molecular weight excluding hydrogens is 231 g/mol. The Hall–Kier alpha value is -1.13. The second-order valence-corrected chi connectivity index (χ2v) is 4.52. The van der Waals surface area contributed by atoms with E-state index in [-0.39, 0.29) is 11.9 Å². The van der Waals surface area contributed by atoms with E-state index in [4.69, 9.17) is 10.6 Å². The number of methoxy groups -OCH3 is 1. The maximum absolute atomic E-state index is 14.0. The van der Waals surface area contributed by atoms with E-state index < -0.39 is 0 Å². The third-order valence-corrected chi connectivity index (χ3v) is 3.51. The molecule has 0 heterocycles. The average Bonchev–Trinajstić information content (AvgIpc) is 2.41. The lowest BCUT2D eigenvalue weighted by molar-refractivity contribution is 0.365. The molecule has 1 aromatic rings. The fourth-order valence-corrected chi connectivity index (χ4v) is 2.16. The number of halogens is 1. The molecule has 18 heavy (non-hydrogen) atoms. The van der Waals surface area contributed by atoms with E-state index in [0.717, 1.165) is 19.3 Å². The van der Waals surface area contributed by atoms with E-state index >= 15 is 0 Å². The third kappa shape index (κ3) is 3.68. The first-order valence-corrected chi connectivity index (χ1v) is 6.45. The summed E-state index contributed by atoms with van der Waals surface area (Å²) in [6.07, 6.45) is 2.99. The summed E-state index contributed by atoms with van der Waals surface area (Å²) in [7, 11) is 1.53. The van der Waals surface area contributed by atoms with Gasteiger partial charge in [-0.3, -0.25) is 11.3 Å². The van der Waals surface area contributed by atoms with Crippen LogP contribution in [0, 0.1) is 11.7 Å². The molecule has 102 valence electrons.